The highest BCUT2D eigenvalue weighted by Crippen LogP contribution is 2.39. The zero-order valence-electron chi connectivity index (χ0n) is 37.9. The Hall–Kier alpha value is -7.96. The molecule has 0 fully saturated rings. The molecule has 8 rings (SSSR count). The molecule has 0 atom stereocenters. The number of benzene rings is 8. The Balaban J connectivity index is 1.07. The van der Waals surface area contributed by atoms with Crippen LogP contribution in [-0.4, -0.2) is 18.5 Å². The van der Waals surface area contributed by atoms with Crippen molar-refractivity contribution < 1.29 is 19.1 Å². The fraction of sp³-hybridized carbons (Fsp3) is 0.133. The average molecular weight is 867 g/mol. The van der Waals surface area contributed by atoms with Gasteiger partial charge >= 0.3 is 11.9 Å². The second-order valence-electron chi connectivity index (χ2n) is 16.6. The van der Waals surface area contributed by atoms with E-state index in [4.69, 9.17) is 9.47 Å². The Labute approximate surface area is 388 Å². The zero-order valence-corrected chi connectivity index (χ0v) is 37.9. The number of fused-ring (bicyclic) bond motifs is 1. The van der Waals surface area contributed by atoms with E-state index < -0.39 is 11.9 Å². The molecule has 8 aromatic rings. The lowest BCUT2D eigenvalue weighted by Gasteiger charge is -2.27. The number of esters is 2. The van der Waals surface area contributed by atoms with Gasteiger partial charge in [0.15, 0.2) is 0 Å². The molecule has 0 radical (unpaired) electrons. The number of carbonyl (C=O) groups excluding carboxylic acids is 2. The number of anilines is 5. The fourth-order valence-electron chi connectivity index (χ4n) is 8.04. The van der Waals surface area contributed by atoms with Crippen molar-refractivity contribution in [1.29, 1.82) is 0 Å². The van der Waals surface area contributed by atoms with Crippen molar-refractivity contribution >= 4 is 51.1 Å². The first kappa shape index (κ1) is 44.6. The second-order valence-corrected chi connectivity index (χ2v) is 16.6. The van der Waals surface area contributed by atoms with Crippen molar-refractivity contribution in [2.75, 3.05) is 16.3 Å². The molecule has 0 aliphatic rings. The maximum absolute atomic E-state index is 12.1. The van der Waals surface area contributed by atoms with Crippen LogP contribution in [0.2, 0.25) is 0 Å². The number of carbonyl (C=O) groups is 2. The number of rotatable bonds is 17. The topological polar surface area (TPSA) is 59.1 Å². The van der Waals surface area contributed by atoms with Gasteiger partial charge in [0.05, 0.1) is 0 Å². The van der Waals surface area contributed by atoms with E-state index in [0.29, 0.717) is 22.6 Å². The van der Waals surface area contributed by atoms with Crippen LogP contribution in [-0.2, 0) is 9.59 Å². The minimum Gasteiger partial charge on any atom is -0.423 e. The van der Waals surface area contributed by atoms with E-state index in [0.717, 1.165) is 63.4 Å². The third-order valence-corrected chi connectivity index (χ3v) is 11.7. The molecule has 0 amide bonds. The van der Waals surface area contributed by atoms with Crippen LogP contribution in [0.25, 0.3) is 44.2 Å². The van der Waals surface area contributed by atoms with Gasteiger partial charge < -0.3 is 19.3 Å². The van der Waals surface area contributed by atoms with Gasteiger partial charge in [-0.3, -0.25) is 0 Å². The van der Waals surface area contributed by atoms with E-state index in [1.54, 1.807) is 38.1 Å². The summed E-state index contributed by atoms with van der Waals surface area (Å²) < 4.78 is 10.8. The van der Waals surface area contributed by atoms with E-state index in [1.807, 2.05) is 24.3 Å². The van der Waals surface area contributed by atoms with Crippen molar-refractivity contribution in [3.05, 3.63) is 212 Å². The lowest BCUT2D eigenvalue weighted by Crippen LogP contribution is -2.18. The highest BCUT2D eigenvalue weighted by molar-refractivity contribution is 5.96. The van der Waals surface area contributed by atoms with Gasteiger partial charge in [0.25, 0.3) is 0 Å². The quantitative estimate of drug-likeness (QED) is 0.0393. The smallest absolute Gasteiger partial charge is 0.338 e. The minimum atomic E-state index is -0.446. The molecule has 328 valence electrons. The molecule has 0 saturated carbocycles. The van der Waals surface area contributed by atoms with Gasteiger partial charge in [-0.05, 0) is 138 Å². The van der Waals surface area contributed by atoms with Crippen LogP contribution < -0.4 is 19.3 Å². The Morgan fingerprint density at radius 1 is 0.439 bits per heavy atom. The molecule has 0 bridgehead atoms. The van der Waals surface area contributed by atoms with E-state index in [1.165, 1.54) is 41.4 Å². The van der Waals surface area contributed by atoms with Gasteiger partial charge in [0.1, 0.15) is 11.5 Å². The number of nitrogens with zero attached hydrogens (tertiary/aromatic N) is 2. The maximum atomic E-state index is 12.1. The third-order valence-electron chi connectivity index (χ3n) is 11.7. The summed E-state index contributed by atoms with van der Waals surface area (Å²) in [4.78, 5) is 28.8. The van der Waals surface area contributed by atoms with E-state index in [9.17, 15) is 9.59 Å². The van der Waals surface area contributed by atoms with E-state index in [-0.39, 0.29) is 0 Å². The summed E-state index contributed by atoms with van der Waals surface area (Å²) in [6.45, 7) is 13.8. The van der Waals surface area contributed by atoms with Crippen LogP contribution >= 0.6 is 0 Å². The first-order valence-electron chi connectivity index (χ1n) is 22.6. The van der Waals surface area contributed by atoms with Crippen molar-refractivity contribution in [3.8, 4) is 44.9 Å². The zero-order chi connectivity index (χ0) is 46.0. The first-order valence-corrected chi connectivity index (χ1v) is 22.6. The van der Waals surface area contributed by atoms with Crippen LogP contribution in [0.1, 0.15) is 46.5 Å². The molecule has 0 aromatic heterocycles. The molecule has 6 heteroatoms. The molecule has 0 heterocycles. The Morgan fingerprint density at radius 2 is 0.818 bits per heavy atom. The Morgan fingerprint density at radius 3 is 1.23 bits per heavy atom. The van der Waals surface area contributed by atoms with Gasteiger partial charge in [0.2, 0.25) is 0 Å². The monoisotopic (exact) mass is 866 g/mol. The summed E-state index contributed by atoms with van der Waals surface area (Å²) in [5.41, 5.74) is 12.5. The molecule has 0 unspecified atom stereocenters. The highest BCUT2D eigenvalue weighted by atomic mass is 16.5. The molecule has 8 aromatic carbocycles. The number of ether oxygens (including phenoxy) is 2. The molecular weight excluding hydrogens is 813 g/mol. The number of hydrogen-bond donors (Lipinski definition) is 0. The van der Waals surface area contributed by atoms with Crippen molar-refractivity contribution in [3.63, 3.8) is 0 Å². The SMILES string of the molecule is C=C(C)C(=O)Oc1ccc(-c2ccc(N(c3ccc(-c4ccc(OC(=O)C(=C)C)cc4)cc3)c3ccc(-c4ccc(N(CCCCCC)c5cccc6ccccc56)cc4)cc3)cc2)cc1. The second kappa shape index (κ2) is 20.7. The summed E-state index contributed by atoms with van der Waals surface area (Å²) in [6, 6.07) is 64.9. The summed E-state index contributed by atoms with van der Waals surface area (Å²) in [5.74, 6) is 0.0528. The Bertz CT molecular complexity index is 2830. The lowest BCUT2D eigenvalue weighted by atomic mass is 10.0. The minimum absolute atomic E-state index is 0.350. The maximum Gasteiger partial charge on any atom is 0.338 e. The standard InChI is InChI=1S/C60H54N2O4/c1-6-7-8-11-41-61(58-16-12-14-50-13-9-10-15-57(50)58)51-29-17-44(18-30-51)45-19-31-52(32-20-45)62(53-33-21-46(22-34-53)48-25-37-55(38-26-48)65-59(63)42(2)3)54-35-23-47(24-36-54)49-27-39-56(40-28-49)66-60(64)43(4)5/h9-10,12-40H,2,4,6-8,11,41H2,1,3,5H3. The van der Waals surface area contributed by atoms with Crippen LogP contribution in [0.15, 0.2) is 212 Å². The van der Waals surface area contributed by atoms with Crippen molar-refractivity contribution in [2.45, 2.75) is 46.5 Å². The number of hydrogen-bond acceptors (Lipinski definition) is 6. The molecule has 6 nitrogen and oxygen atoms in total. The molecule has 0 aliphatic heterocycles. The molecule has 66 heavy (non-hydrogen) atoms. The molecule has 0 N–H and O–H groups in total. The van der Waals surface area contributed by atoms with Crippen LogP contribution in [0.3, 0.4) is 0 Å². The highest BCUT2D eigenvalue weighted by Gasteiger charge is 2.16. The van der Waals surface area contributed by atoms with Gasteiger partial charge in [-0.15, -0.1) is 0 Å². The first-order chi connectivity index (χ1) is 32.1. The molecule has 0 spiro atoms. The van der Waals surface area contributed by atoms with Crippen LogP contribution in [0.4, 0.5) is 28.4 Å². The molecule has 0 aliphatic carbocycles. The summed E-state index contributed by atoms with van der Waals surface area (Å²) in [7, 11) is 0. The normalized spacial score (nSPS) is 10.9. The molecule has 0 saturated heterocycles. The van der Waals surface area contributed by atoms with Gasteiger partial charge in [-0.25, -0.2) is 9.59 Å². The number of unbranched alkanes of at least 4 members (excludes halogenated alkanes) is 3. The summed E-state index contributed by atoms with van der Waals surface area (Å²) >= 11 is 0. The summed E-state index contributed by atoms with van der Waals surface area (Å²) in [6.07, 6.45) is 4.79. The largest absolute Gasteiger partial charge is 0.423 e. The predicted octanol–water partition coefficient (Wildman–Crippen LogP) is 16.0. The van der Waals surface area contributed by atoms with Gasteiger partial charge in [0, 0.05) is 51.5 Å². The predicted molar refractivity (Wildman–Crippen MR) is 273 cm³/mol. The average Bonchev–Trinajstić information content (AvgIpc) is 3.35. The van der Waals surface area contributed by atoms with Crippen LogP contribution in [0, 0.1) is 0 Å². The lowest BCUT2D eigenvalue weighted by molar-refractivity contribution is -0.130. The van der Waals surface area contributed by atoms with Crippen molar-refractivity contribution in [1.82, 2.24) is 0 Å². The third kappa shape index (κ3) is 10.5. The van der Waals surface area contributed by atoms with Gasteiger partial charge in [-0.2, -0.15) is 0 Å². The van der Waals surface area contributed by atoms with Crippen LogP contribution in [0.5, 0.6) is 11.5 Å². The fourth-order valence-corrected chi connectivity index (χ4v) is 8.04. The van der Waals surface area contributed by atoms with E-state index >= 15 is 0 Å². The molecular formula is C60H54N2O4. The van der Waals surface area contributed by atoms with E-state index in [2.05, 4.69) is 169 Å². The Kier molecular flexibility index (Phi) is 14.0. The summed E-state index contributed by atoms with van der Waals surface area (Å²) in [5, 5.41) is 2.51. The van der Waals surface area contributed by atoms with Crippen molar-refractivity contribution in [2.24, 2.45) is 0 Å². The van der Waals surface area contributed by atoms with Gasteiger partial charge in [-0.1, -0.05) is 149 Å².